The Hall–Kier alpha value is -0.683. The van der Waals surface area contributed by atoms with E-state index in [-0.39, 0.29) is 16.7 Å². The van der Waals surface area contributed by atoms with E-state index in [0.29, 0.717) is 29.5 Å². The fourth-order valence-electron chi connectivity index (χ4n) is 7.05. The highest BCUT2D eigenvalue weighted by Gasteiger charge is 2.52. The molecule has 0 radical (unpaired) electrons. The van der Waals surface area contributed by atoms with Crippen molar-refractivity contribution in [3.63, 3.8) is 0 Å². The van der Waals surface area contributed by atoms with Gasteiger partial charge in [0.1, 0.15) is 6.10 Å². The van der Waals surface area contributed by atoms with E-state index in [0.717, 1.165) is 25.9 Å². The summed E-state index contributed by atoms with van der Waals surface area (Å²) in [7, 11) is -1.76. The Labute approximate surface area is 223 Å². The average molecular weight is 515 g/mol. The SMILES string of the molecule is C=C1CC[C@H](O[Si](C)(C)C(C)(C)C)C/C1=C\C=C1/CCC[C@]2(C)[C@@H]([C@H](C)OCC3OC3(C)C)CC[C@@H]12. The van der Waals surface area contributed by atoms with E-state index in [1.165, 1.54) is 43.3 Å². The van der Waals surface area contributed by atoms with Crippen molar-refractivity contribution in [1.29, 1.82) is 0 Å². The maximum absolute atomic E-state index is 6.81. The van der Waals surface area contributed by atoms with Gasteiger partial charge in [-0.3, -0.25) is 0 Å². The third-order valence-corrected chi connectivity index (χ3v) is 15.3. The molecule has 1 unspecified atom stereocenters. The van der Waals surface area contributed by atoms with Crippen LogP contribution in [0.3, 0.4) is 0 Å². The standard InChI is InChI=1S/C32H54O3Si/c1-22-13-16-26(35-36(9,10)30(3,4)5)20-25(22)15-14-24-12-11-19-32(8)27(17-18-28(24)32)23(2)33-21-29-31(6,7)34-29/h14-15,23,26-29H,1,11-13,16-21H2,2-10H3/b24-14+,25-15+/t23-,26-,27+,28-,29?,32+/m0/s1. The van der Waals surface area contributed by atoms with E-state index in [1.54, 1.807) is 5.57 Å². The molecule has 0 amide bonds. The first-order chi connectivity index (χ1) is 16.6. The molecule has 4 heteroatoms. The first-order valence-corrected chi connectivity index (χ1v) is 17.6. The van der Waals surface area contributed by atoms with Crippen LogP contribution in [-0.4, -0.2) is 38.8 Å². The normalized spacial score (nSPS) is 37.9. The number of ether oxygens (including phenoxy) is 2. The Morgan fingerprint density at radius 3 is 2.44 bits per heavy atom. The predicted octanol–water partition coefficient (Wildman–Crippen LogP) is 8.77. The van der Waals surface area contributed by atoms with Crippen molar-refractivity contribution in [2.24, 2.45) is 17.3 Å². The van der Waals surface area contributed by atoms with Gasteiger partial charge in [-0.25, -0.2) is 0 Å². The fourth-order valence-corrected chi connectivity index (χ4v) is 8.44. The summed E-state index contributed by atoms with van der Waals surface area (Å²) < 4.78 is 19.0. The van der Waals surface area contributed by atoms with Crippen LogP contribution < -0.4 is 0 Å². The lowest BCUT2D eigenvalue weighted by Gasteiger charge is -2.44. The van der Waals surface area contributed by atoms with Crippen molar-refractivity contribution in [3.05, 3.63) is 35.5 Å². The van der Waals surface area contributed by atoms with Gasteiger partial charge < -0.3 is 13.9 Å². The molecule has 0 bridgehead atoms. The van der Waals surface area contributed by atoms with Crippen LogP contribution in [0.5, 0.6) is 0 Å². The third-order valence-electron chi connectivity index (χ3n) is 10.7. The van der Waals surface area contributed by atoms with Crippen LogP contribution in [0, 0.1) is 17.3 Å². The molecule has 4 fully saturated rings. The molecule has 1 aliphatic heterocycles. The smallest absolute Gasteiger partial charge is 0.192 e. The Bertz CT molecular complexity index is 892. The summed E-state index contributed by atoms with van der Waals surface area (Å²) in [6.07, 6.45) is 15.5. The first kappa shape index (κ1) is 28.3. The summed E-state index contributed by atoms with van der Waals surface area (Å²) in [5.41, 5.74) is 4.76. The lowest BCUT2D eigenvalue weighted by atomic mass is 9.62. The first-order valence-electron chi connectivity index (χ1n) is 14.7. The van der Waals surface area contributed by atoms with E-state index in [9.17, 15) is 0 Å². The summed E-state index contributed by atoms with van der Waals surface area (Å²) in [5, 5.41) is 0.252. The summed E-state index contributed by atoms with van der Waals surface area (Å²) in [6, 6.07) is 0. The fraction of sp³-hybridized carbons (Fsp3) is 0.812. The van der Waals surface area contributed by atoms with Gasteiger partial charge in [-0.05, 0) is 113 Å². The van der Waals surface area contributed by atoms with Gasteiger partial charge in [-0.15, -0.1) is 0 Å². The zero-order chi connectivity index (χ0) is 26.5. The monoisotopic (exact) mass is 514 g/mol. The molecule has 3 saturated carbocycles. The molecule has 36 heavy (non-hydrogen) atoms. The number of hydrogen-bond donors (Lipinski definition) is 0. The molecule has 6 atom stereocenters. The van der Waals surface area contributed by atoms with Gasteiger partial charge >= 0.3 is 0 Å². The molecule has 4 aliphatic rings. The second-order valence-corrected chi connectivity index (χ2v) is 19.4. The van der Waals surface area contributed by atoms with E-state index >= 15 is 0 Å². The molecule has 3 nitrogen and oxygen atoms in total. The van der Waals surface area contributed by atoms with Gasteiger partial charge in [0, 0.05) is 6.10 Å². The molecule has 3 aliphatic carbocycles. The van der Waals surface area contributed by atoms with E-state index in [1.807, 2.05) is 0 Å². The molecule has 204 valence electrons. The van der Waals surface area contributed by atoms with Gasteiger partial charge in [0.05, 0.1) is 18.3 Å². The highest BCUT2D eigenvalue weighted by molar-refractivity contribution is 6.74. The van der Waals surface area contributed by atoms with Gasteiger partial charge in [0.15, 0.2) is 8.32 Å². The Balaban J connectivity index is 1.42. The van der Waals surface area contributed by atoms with Crippen LogP contribution in [0.25, 0.3) is 0 Å². The van der Waals surface area contributed by atoms with Gasteiger partial charge in [-0.1, -0.05) is 57.6 Å². The van der Waals surface area contributed by atoms with Crippen molar-refractivity contribution in [3.8, 4) is 0 Å². The highest BCUT2D eigenvalue weighted by Crippen LogP contribution is 2.58. The van der Waals surface area contributed by atoms with Crippen LogP contribution in [0.4, 0.5) is 0 Å². The summed E-state index contributed by atoms with van der Waals surface area (Å²) in [6.45, 7) is 26.1. The maximum atomic E-state index is 6.81. The Morgan fingerprint density at radius 1 is 1.11 bits per heavy atom. The van der Waals surface area contributed by atoms with E-state index in [4.69, 9.17) is 13.9 Å². The Kier molecular flexibility index (Phi) is 7.97. The number of rotatable bonds is 7. The van der Waals surface area contributed by atoms with E-state index < -0.39 is 8.32 Å². The molecule has 0 aromatic carbocycles. The Morgan fingerprint density at radius 2 is 1.81 bits per heavy atom. The molecule has 0 aromatic heterocycles. The van der Waals surface area contributed by atoms with Crippen molar-refractivity contribution in [2.45, 2.75) is 142 Å². The minimum atomic E-state index is -1.76. The van der Waals surface area contributed by atoms with Gasteiger partial charge in [0.2, 0.25) is 0 Å². The number of fused-ring (bicyclic) bond motifs is 1. The summed E-state index contributed by atoms with van der Waals surface area (Å²) >= 11 is 0. The molecule has 4 rings (SSSR count). The van der Waals surface area contributed by atoms with E-state index in [2.05, 4.69) is 80.3 Å². The van der Waals surface area contributed by atoms with Gasteiger partial charge in [0.25, 0.3) is 0 Å². The topological polar surface area (TPSA) is 31.0 Å². The average Bonchev–Trinajstić information content (AvgIpc) is 3.22. The van der Waals surface area contributed by atoms with Crippen molar-refractivity contribution < 1.29 is 13.9 Å². The quantitative estimate of drug-likeness (QED) is 0.251. The minimum absolute atomic E-state index is 0.00787. The largest absolute Gasteiger partial charge is 0.414 e. The lowest BCUT2D eigenvalue weighted by molar-refractivity contribution is -0.0296. The van der Waals surface area contributed by atoms with Crippen LogP contribution in [0.15, 0.2) is 35.5 Å². The second-order valence-electron chi connectivity index (χ2n) is 14.6. The molecule has 0 spiro atoms. The molecule has 1 saturated heterocycles. The predicted molar refractivity (Wildman–Crippen MR) is 154 cm³/mol. The molecule has 1 heterocycles. The van der Waals surface area contributed by atoms with Crippen LogP contribution in [0.1, 0.15) is 99.8 Å². The lowest BCUT2D eigenvalue weighted by Crippen LogP contribution is -2.44. The van der Waals surface area contributed by atoms with Crippen molar-refractivity contribution >= 4 is 8.32 Å². The van der Waals surface area contributed by atoms with Crippen LogP contribution >= 0.6 is 0 Å². The minimum Gasteiger partial charge on any atom is -0.414 e. The molecule has 0 aromatic rings. The van der Waals surface area contributed by atoms with Crippen molar-refractivity contribution in [1.82, 2.24) is 0 Å². The zero-order valence-corrected chi connectivity index (χ0v) is 25.8. The summed E-state index contributed by atoms with van der Waals surface area (Å²) in [4.78, 5) is 0. The van der Waals surface area contributed by atoms with Crippen LogP contribution in [-0.2, 0) is 13.9 Å². The number of epoxide rings is 1. The molecular weight excluding hydrogens is 460 g/mol. The van der Waals surface area contributed by atoms with Crippen molar-refractivity contribution in [2.75, 3.05) is 6.61 Å². The van der Waals surface area contributed by atoms with Crippen LogP contribution in [0.2, 0.25) is 18.1 Å². The molecule has 0 N–H and O–H groups in total. The second kappa shape index (κ2) is 10.1. The third kappa shape index (κ3) is 5.82. The highest BCUT2D eigenvalue weighted by atomic mass is 28.4. The summed E-state index contributed by atoms with van der Waals surface area (Å²) in [5.74, 6) is 1.32. The molecular formula is C32H54O3Si. The zero-order valence-electron chi connectivity index (χ0n) is 24.8. The number of allylic oxidation sites excluding steroid dienone is 4. The van der Waals surface area contributed by atoms with Gasteiger partial charge in [-0.2, -0.15) is 0 Å². The maximum Gasteiger partial charge on any atom is 0.192 e. The number of hydrogen-bond acceptors (Lipinski definition) is 3.